The van der Waals surface area contributed by atoms with Gasteiger partial charge >= 0.3 is 5.76 Å². The van der Waals surface area contributed by atoms with Gasteiger partial charge in [-0.1, -0.05) is 12.1 Å². The Morgan fingerprint density at radius 2 is 1.68 bits per heavy atom. The van der Waals surface area contributed by atoms with Crippen LogP contribution in [-0.4, -0.2) is 35.2 Å². The molecule has 1 aromatic heterocycles. The lowest BCUT2D eigenvalue weighted by Crippen LogP contribution is -2.14. The van der Waals surface area contributed by atoms with E-state index in [1.165, 1.54) is 24.5 Å². The predicted octanol–water partition coefficient (Wildman–Crippen LogP) is 3.10. The normalized spacial score (nSPS) is 11.4. The number of halogens is 2. The molecule has 0 saturated heterocycles. The second-order valence-electron chi connectivity index (χ2n) is 5.63. The summed E-state index contributed by atoms with van der Waals surface area (Å²) in [6.07, 6.45) is 2.72. The maximum Gasteiger partial charge on any atom is 0.341 e. The van der Waals surface area contributed by atoms with Crippen molar-refractivity contribution in [3.05, 3.63) is 66.5 Å². The van der Waals surface area contributed by atoms with Gasteiger partial charge in [-0.05, 0) is 36.4 Å². The summed E-state index contributed by atoms with van der Waals surface area (Å²) in [5.41, 5.74) is 0.942. The molecule has 1 amide bonds. The minimum atomic E-state index is -4.72. The molecule has 2 aromatic carbocycles. The number of aromatic hydroxyl groups is 1. The van der Waals surface area contributed by atoms with Crippen LogP contribution in [0, 0.1) is 0 Å². The Balaban J connectivity index is 1.73. The zero-order chi connectivity index (χ0) is 20.3. The van der Waals surface area contributed by atoms with Crippen LogP contribution in [0.25, 0.3) is 11.4 Å². The summed E-state index contributed by atoms with van der Waals surface area (Å²) in [5, 5.41) is 12.0. The number of rotatable bonds is 5. The summed E-state index contributed by atoms with van der Waals surface area (Å²) in [5.74, 6) is -3.71. The van der Waals surface area contributed by atoms with Crippen LogP contribution in [0.5, 0.6) is 5.75 Å². The van der Waals surface area contributed by atoms with Gasteiger partial charge in [-0.25, -0.2) is 18.4 Å². The number of sulfone groups is 1. The Morgan fingerprint density at radius 3 is 2.25 bits per heavy atom. The quantitative estimate of drug-likeness (QED) is 0.675. The third-order valence-corrected chi connectivity index (χ3v) is 5.09. The fourth-order valence-electron chi connectivity index (χ4n) is 2.29. The second kappa shape index (κ2) is 7.69. The summed E-state index contributed by atoms with van der Waals surface area (Å²) in [6.45, 7) is 0. The summed E-state index contributed by atoms with van der Waals surface area (Å²) < 4.78 is 47.8. The van der Waals surface area contributed by atoms with Gasteiger partial charge in [0.05, 0.1) is 23.0 Å². The van der Waals surface area contributed by atoms with Crippen molar-refractivity contribution in [2.24, 2.45) is 0 Å². The zero-order valence-electron chi connectivity index (χ0n) is 14.1. The van der Waals surface area contributed by atoms with Crippen LogP contribution in [0.3, 0.4) is 0 Å². The Labute approximate surface area is 158 Å². The molecule has 3 rings (SSSR count). The van der Waals surface area contributed by atoms with Crippen molar-refractivity contribution in [1.82, 2.24) is 9.97 Å². The van der Waals surface area contributed by atoms with Gasteiger partial charge < -0.3 is 10.4 Å². The molecule has 0 bridgehead atoms. The summed E-state index contributed by atoms with van der Waals surface area (Å²) in [7, 11) is -4.72. The first-order valence-corrected chi connectivity index (χ1v) is 9.37. The number of aromatic nitrogens is 2. The molecule has 7 nitrogen and oxygen atoms in total. The van der Waals surface area contributed by atoms with Gasteiger partial charge in [0.2, 0.25) is 9.84 Å². The molecule has 3 aromatic rings. The summed E-state index contributed by atoms with van der Waals surface area (Å²) in [4.78, 5) is 19.8. The van der Waals surface area contributed by atoms with E-state index in [0.717, 1.165) is 24.3 Å². The van der Waals surface area contributed by atoms with E-state index in [4.69, 9.17) is 0 Å². The van der Waals surface area contributed by atoms with Crippen LogP contribution >= 0.6 is 0 Å². The topological polar surface area (TPSA) is 109 Å². The fourth-order valence-corrected chi connectivity index (χ4v) is 3.01. The van der Waals surface area contributed by atoms with Crippen molar-refractivity contribution >= 4 is 21.4 Å². The summed E-state index contributed by atoms with van der Waals surface area (Å²) in [6, 6.07) is 10.5. The minimum Gasteiger partial charge on any atom is -0.508 e. The number of carbonyl (C=O) groups excluding carboxylic acids is 1. The van der Waals surface area contributed by atoms with Crippen LogP contribution in [0.1, 0.15) is 10.4 Å². The molecule has 0 aliphatic rings. The van der Waals surface area contributed by atoms with Crippen LogP contribution in [0.15, 0.2) is 65.8 Å². The van der Waals surface area contributed by atoms with Crippen molar-refractivity contribution in [2.45, 2.75) is 10.7 Å². The van der Waals surface area contributed by atoms with Gasteiger partial charge in [-0.3, -0.25) is 4.79 Å². The Kier molecular flexibility index (Phi) is 5.32. The molecule has 2 N–H and O–H groups in total. The van der Waals surface area contributed by atoms with E-state index >= 15 is 0 Å². The molecular formula is C18H13F2N3O4S. The van der Waals surface area contributed by atoms with E-state index in [0.29, 0.717) is 11.4 Å². The molecule has 144 valence electrons. The largest absolute Gasteiger partial charge is 0.508 e. The van der Waals surface area contributed by atoms with Crippen molar-refractivity contribution in [1.29, 1.82) is 0 Å². The predicted molar refractivity (Wildman–Crippen MR) is 96.7 cm³/mol. The molecule has 0 unspecified atom stereocenters. The lowest BCUT2D eigenvalue weighted by atomic mass is 10.2. The molecule has 0 radical (unpaired) electrons. The van der Waals surface area contributed by atoms with Crippen molar-refractivity contribution in [3.63, 3.8) is 0 Å². The molecule has 10 heteroatoms. The number of anilines is 1. The average Bonchev–Trinajstić information content (AvgIpc) is 2.68. The number of carbonyl (C=O) groups is 1. The van der Waals surface area contributed by atoms with Crippen molar-refractivity contribution in [3.8, 4) is 17.1 Å². The molecule has 0 saturated carbocycles. The highest BCUT2D eigenvalue weighted by Gasteiger charge is 2.26. The first-order valence-electron chi connectivity index (χ1n) is 7.82. The number of phenols is 1. The summed E-state index contributed by atoms with van der Waals surface area (Å²) >= 11 is 0. The number of nitrogens with zero attached hydrogens (tertiary/aromatic N) is 2. The van der Waals surface area contributed by atoms with Gasteiger partial charge in [0.15, 0.2) is 5.82 Å². The molecule has 1 heterocycles. The number of amides is 1. The monoisotopic (exact) mass is 405 g/mol. The maximum absolute atomic E-state index is 12.5. The fraction of sp³-hybridized carbons (Fsp3) is 0.0556. The number of hydrogen-bond donors (Lipinski definition) is 2. The smallest absolute Gasteiger partial charge is 0.341 e. The molecule has 0 atom stereocenters. The van der Waals surface area contributed by atoms with Crippen molar-refractivity contribution in [2.75, 3.05) is 5.32 Å². The second-order valence-corrected chi connectivity index (χ2v) is 7.55. The number of hydrogen-bond acceptors (Lipinski definition) is 6. The molecule has 28 heavy (non-hydrogen) atoms. The van der Waals surface area contributed by atoms with E-state index in [2.05, 4.69) is 15.3 Å². The number of benzene rings is 2. The van der Waals surface area contributed by atoms with Gasteiger partial charge in [-0.15, -0.1) is 0 Å². The Bertz CT molecular complexity index is 1100. The number of phenolic OH excluding ortho intramolecular Hbond substituents is 1. The van der Waals surface area contributed by atoms with E-state index in [1.807, 2.05) is 0 Å². The highest BCUT2D eigenvalue weighted by molar-refractivity contribution is 7.91. The van der Waals surface area contributed by atoms with Crippen LogP contribution in [0.2, 0.25) is 0 Å². The van der Waals surface area contributed by atoms with Gasteiger partial charge in [0, 0.05) is 11.1 Å². The molecule has 0 aliphatic carbocycles. The van der Waals surface area contributed by atoms with Crippen LogP contribution in [-0.2, 0) is 9.84 Å². The number of nitrogens with one attached hydrogen (secondary N) is 1. The SMILES string of the molecule is O=C(Nc1cnc(-c2cccc(O)c2)nc1)c1ccc(S(=O)(=O)C(F)F)cc1. The highest BCUT2D eigenvalue weighted by atomic mass is 32.2. The third-order valence-electron chi connectivity index (χ3n) is 3.69. The first kappa shape index (κ1) is 19.4. The lowest BCUT2D eigenvalue weighted by Gasteiger charge is -2.07. The standard InChI is InChI=1S/C18H13F2N3O4S/c19-18(20)28(26,27)15-6-4-11(5-7-15)17(25)23-13-9-21-16(22-10-13)12-2-1-3-14(24)8-12/h1-10,18,24H,(H,23,25). The van der Waals surface area contributed by atoms with Crippen LogP contribution < -0.4 is 5.32 Å². The van der Waals surface area contributed by atoms with E-state index in [1.54, 1.807) is 12.1 Å². The highest BCUT2D eigenvalue weighted by Crippen LogP contribution is 2.21. The number of alkyl halides is 2. The van der Waals surface area contributed by atoms with Crippen LogP contribution in [0.4, 0.5) is 14.5 Å². The van der Waals surface area contributed by atoms with E-state index in [9.17, 15) is 27.1 Å². The molecular weight excluding hydrogens is 392 g/mol. The maximum atomic E-state index is 12.5. The minimum absolute atomic E-state index is 0.0655. The van der Waals surface area contributed by atoms with E-state index < -0.39 is 26.4 Å². The zero-order valence-corrected chi connectivity index (χ0v) is 14.9. The third kappa shape index (κ3) is 4.12. The lowest BCUT2D eigenvalue weighted by molar-refractivity contribution is 0.102. The molecule has 0 spiro atoms. The van der Waals surface area contributed by atoms with Gasteiger partial charge in [0.25, 0.3) is 5.91 Å². The molecule has 0 aliphatic heterocycles. The van der Waals surface area contributed by atoms with Gasteiger partial charge in [0.1, 0.15) is 5.75 Å². The first-order chi connectivity index (χ1) is 13.3. The molecule has 0 fully saturated rings. The Hall–Kier alpha value is -3.40. The van der Waals surface area contributed by atoms with Crippen molar-refractivity contribution < 1.29 is 27.1 Å². The Morgan fingerprint density at radius 1 is 1.04 bits per heavy atom. The average molecular weight is 405 g/mol. The van der Waals surface area contributed by atoms with E-state index in [-0.39, 0.29) is 17.0 Å². The van der Waals surface area contributed by atoms with Gasteiger partial charge in [-0.2, -0.15) is 8.78 Å².